The van der Waals surface area contributed by atoms with Crippen LogP contribution in [0.15, 0.2) is 40.9 Å². The number of halogens is 2. The molecule has 2 aromatic rings. The highest BCUT2D eigenvalue weighted by atomic mass is 79.9. The summed E-state index contributed by atoms with van der Waals surface area (Å²) in [6.45, 7) is 3.78. The van der Waals surface area contributed by atoms with E-state index in [0.717, 1.165) is 21.2 Å². The van der Waals surface area contributed by atoms with E-state index in [9.17, 15) is 9.18 Å². The van der Waals surface area contributed by atoms with Gasteiger partial charge in [-0.25, -0.2) is 4.39 Å². The average molecular weight is 321 g/mol. The van der Waals surface area contributed by atoms with Crippen LogP contribution in [-0.2, 0) is 6.42 Å². The molecule has 2 aromatic carbocycles. The molecular formula is C16H14BrFO. The zero-order chi connectivity index (χ0) is 14.0. The molecule has 3 heteroatoms. The third-order valence-corrected chi connectivity index (χ3v) is 4.09. The van der Waals surface area contributed by atoms with Gasteiger partial charge < -0.3 is 0 Å². The number of carbonyl (C=O) groups is 1. The smallest absolute Gasteiger partial charge is 0.167 e. The summed E-state index contributed by atoms with van der Waals surface area (Å²) in [5, 5.41) is 0. The molecule has 19 heavy (non-hydrogen) atoms. The minimum atomic E-state index is -0.306. The number of benzene rings is 2. The second-order valence-electron chi connectivity index (χ2n) is 4.58. The Balaban J connectivity index is 2.31. The van der Waals surface area contributed by atoms with E-state index in [1.54, 1.807) is 12.1 Å². The second-order valence-corrected chi connectivity index (χ2v) is 5.44. The number of hydrogen-bond acceptors (Lipinski definition) is 1. The summed E-state index contributed by atoms with van der Waals surface area (Å²) >= 11 is 3.41. The van der Waals surface area contributed by atoms with E-state index in [1.807, 2.05) is 26.0 Å². The summed E-state index contributed by atoms with van der Waals surface area (Å²) in [5.74, 6) is -0.299. The van der Waals surface area contributed by atoms with Gasteiger partial charge in [0, 0.05) is 16.5 Å². The van der Waals surface area contributed by atoms with Crippen molar-refractivity contribution >= 4 is 21.7 Å². The van der Waals surface area contributed by atoms with Crippen LogP contribution in [0, 0.1) is 19.7 Å². The average Bonchev–Trinajstić information content (AvgIpc) is 2.37. The number of Topliss-reactive ketones (excluding diaryl/α,β-unsaturated/α-hetero) is 1. The fourth-order valence-electron chi connectivity index (χ4n) is 2.01. The summed E-state index contributed by atoms with van der Waals surface area (Å²) in [6.07, 6.45) is 0.223. The first-order valence-electron chi connectivity index (χ1n) is 6.02. The Morgan fingerprint density at radius 3 is 2.68 bits per heavy atom. The van der Waals surface area contributed by atoms with Crippen LogP contribution in [-0.4, -0.2) is 5.78 Å². The molecule has 98 valence electrons. The lowest BCUT2D eigenvalue weighted by molar-refractivity contribution is 0.0992. The quantitative estimate of drug-likeness (QED) is 0.753. The van der Waals surface area contributed by atoms with E-state index in [4.69, 9.17) is 0 Å². The van der Waals surface area contributed by atoms with Crippen LogP contribution in [0.25, 0.3) is 0 Å². The van der Waals surface area contributed by atoms with Gasteiger partial charge in [0.15, 0.2) is 5.78 Å². The van der Waals surface area contributed by atoms with Gasteiger partial charge in [0.1, 0.15) is 5.82 Å². The van der Waals surface area contributed by atoms with Gasteiger partial charge in [-0.1, -0.05) is 34.1 Å². The third-order valence-electron chi connectivity index (χ3n) is 3.23. The molecule has 0 unspecified atom stereocenters. The van der Waals surface area contributed by atoms with Crippen LogP contribution >= 0.6 is 15.9 Å². The third kappa shape index (κ3) is 3.10. The van der Waals surface area contributed by atoms with Crippen molar-refractivity contribution in [1.82, 2.24) is 0 Å². The molecule has 0 aliphatic rings. The molecule has 0 aliphatic heterocycles. The molecule has 0 amide bonds. The van der Waals surface area contributed by atoms with Gasteiger partial charge in [0.2, 0.25) is 0 Å². The van der Waals surface area contributed by atoms with Crippen molar-refractivity contribution in [2.45, 2.75) is 20.3 Å². The van der Waals surface area contributed by atoms with E-state index in [-0.39, 0.29) is 18.0 Å². The molecule has 1 nitrogen and oxygen atoms in total. The first-order valence-corrected chi connectivity index (χ1v) is 6.81. The number of hydrogen-bond donors (Lipinski definition) is 0. The first kappa shape index (κ1) is 13.9. The lowest BCUT2D eigenvalue weighted by atomic mass is 9.97. The van der Waals surface area contributed by atoms with Crippen LogP contribution < -0.4 is 0 Å². The van der Waals surface area contributed by atoms with Crippen molar-refractivity contribution in [2.75, 3.05) is 0 Å². The largest absolute Gasteiger partial charge is 0.294 e. The van der Waals surface area contributed by atoms with Gasteiger partial charge in [-0.2, -0.15) is 0 Å². The van der Waals surface area contributed by atoms with Crippen molar-refractivity contribution in [3.63, 3.8) is 0 Å². The van der Waals surface area contributed by atoms with Gasteiger partial charge in [0.05, 0.1) is 0 Å². The SMILES string of the molecule is Cc1ccc(F)cc1CC(=O)c1cccc(Br)c1C. The molecule has 0 saturated heterocycles. The van der Waals surface area contributed by atoms with E-state index in [2.05, 4.69) is 15.9 Å². The predicted molar refractivity (Wildman–Crippen MR) is 78.1 cm³/mol. The van der Waals surface area contributed by atoms with E-state index >= 15 is 0 Å². The zero-order valence-electron chi connectivity index (χ0n) is 10.8. The summed E-state index contributed by atoms with van der Waals surface area (Å²) in [4.78, 5) is 12.3. The number of carbonyl (C=O) groups excluding carboxylic acids is 1. The van der Waals surface area contributed by atoms with Crippen molar-refractivity contribution in [2.24, 2.45) is 0 Å². The van der Waals surface area contributed by atoms with Crippen LogP contribution in [0.3, 0.4) is 0 Å². The molecule has 0 spiro atoms. The van der Waals surface area contributed by atoms with Crippen LogP contribution in [0.4, 0.5) is 4.39 Å². The highest BCUT2D eigenvalue weighted by Gasteiger charge is 2.13. The van der Waals surface area contributed by atoms with Crippen LogP contribution in [0.2, 0.25) is 0 Å². The molecule has 0 saturated carbocycles. The minimum Gasteiger partial charge on any atom is -0.294 e. The summed E-state index contributed by atoms with van der Waals surface area (Å²) in [7, 11) is 0. The van der Waals surface area contributed by atoms with Gasteiger partial charge >= 0.3 is 0 Å². The molecule has 0 N–H and O–H groups in total. The number of rotatable bonds is 3. The van der Waals surface area contributed by atoms with E-state index in [0.29, 0.717) is 5.56 Å². The molecule has 0 bridgehead atoms. The highest BCUT2D eigenvalue weighted by Crippen LogP contribution is 2.21. The van der Waals surface area contributed by atoms with E-state index in [1.165, 1.54) is 12.1 Å². The Hall–Kier alpha value is -1.48. The fraction of sp³-hybridized carbons (Fsp3) is 0.188. The monoisotopic (exact) mass is 320 g/mol. The lowest BCUT2D eigenvalue weighted by Gasteiger charge is -2.08. The fourth-order valence-corrected chi connectivity index (χ4v) is 2.37. The standard InChI is InChI=1S/C16H14BrFO/c1-10-6-7-13(18)8-12(10)9-16(19)14-4-3-5-15(17)11(14)2/h3-8H,9H2,1-2H3. The van der Waals surface area contributed by atoms with Crippen LogP contribution in [0.5, 0.6) is 0 Å². The zero-order valence-corrected chi connectivity index (χ0v) is 12.4. The molecule has 0 radical (unpaired) electrons. The van der Waals surface area contributed by atoms with E-state index < -0.39 is 0 Å². The maximum atomic E-state index is 13.2. The van der Waals surface area contributed by atoms with Gasteiger partial charge in [0.25, 0.3) is 0 Å². The van der Waals surface area contributed by atoms with Crippen molar-refractivity contribution in [3.8, 4) is 0 Å². The van der Waals surface area contributed by atoms with Crippen molar-refractivity contribution in [3.05, 3.63) is 68.9 Å². The summed E-state index contributed by atoms with van der Waals surface area (Å²) in [5.41, 5.74) is 3.27. The maximum Gasteiger partial charge on any atom is 0.167 e. The Bertz CT molecular complexity index is 635. The summed E-state index contributed by atoms with van der Waals surface area (Å²) in [6, 6.07) is 10.1. The molecule has 0 aromatic heterocycles. The van der Waals surface area contributed by atoms with Crippen molar-refractivity contribution in [1.29, 1.82) is 0 Å². The second kappa shape index (κ2) is 5.66. The predicted octanol–water partition coefficient (Wildman–Crippen LogP) is 4.63. The molecular weight excluding hydrogens is 307 g/mol. The minimum absolute atomic E-state index is 0.00694. The van der Waals surface area contributed by atoms with Gasteiger partial charge in [-0.3, -0.25) is 4.79 Å². The summed E-state index contributed by atoms with van der Waals surface area (Å²) < 4.78 is 14.1. The molecule has 0 fully saturated rings. The first-order chi connectivity index (χ1) is 8.99. The highest BCUT2D eigenvalue weighted by molar-refractivity contribution is 9.10. The molecule has 0 aliphatic carbocycles. The maximum absolute atomic E-state index is 13.2. The molecule has 2 rings (SSSR count). The Labute approximate surface area is 120 Å². The Kier molecular flexibility index (Phi) is 4.15. The Morgan fingerprint density at radius 2 is 1.95 bits per heavy atom. The number of aryl methyl sites for hydroxylation is 1. The van der Waals surface area contributed by atoms with Crippen LogP contribution in [0.1, 0.15) is 27.0 Å². The molecule has 0 heterocycles. The molecule has 0 atom stereocenters. The van der Waals surface area contributed by atoms with Gasteiger partial charge in [-0.15, -0.1) is 0 Å². The van der Waals surface area contributed by atoms with Crippen molar-refractivity contribution < 1.29 is 9.18 Å². The topological polar surface area (TPSA) is 17.1 Å². The normalized spacial score (nSPS) is 10.5. The Morgan fingerprint density at radius 1 is 1.21 bits per heavy atom. The van der Waals surface area contributed by atoms with Gasteiger partial charge in [-0.05, 0) is 48.7 Å². The number of ketones is 1. The lowest BCUT2D eigenvalue weighted by Crippen LogP contribution is -2.07.